The minimum absolute atomic E-state index is 0.532. The van der Waals surface area contributed by atoms with E-state index in [2.05, 4.69) is 0 Å². The van der Waals surface area contributed by atoms with E-state index in [0.29, 0.717) is 12.2 Å². The van der Waals surface area contributed by atoms with E-state index in [9.17, 15) is 19.2 Å². The van der Waals surface area contributed by atoms with Gasteiger partial charge in [0.05, 0.1) is 6.42 Å². The summed E-state index contributed by atoms with van der Waals surface area (Å²) < 4.78 is 0. The molecule has 0 amide bonds. The van der Waals surface area contributed by atoms with Gasteiger partial charge in [0.1, 0.15) is 6.04 Å². The van der Waals surface area contributed by atoms with E-state index in [4.69, 9.17) is 26.2 Å². The van der Waals surface area contributed by atoms with Gasteiger partial charge in [0, 0.05) is 12.2 Å². The second-order valence-corrected chi connectivity index (χ2v) is 2.55. The molecule has 0 aromatic heterocycles. The molecule has 0 heterocycles. The molecule has 0 aliphatic heterocycles. The maximum absolute atomic E-state index is 9.85. The predicted molar refractivity (Wildman–Crippen MR) is 52.3 cm³/mol. The largest absolute Gasteiger partial charge is 0.481 e. The summed E-state index contributed by atoms with van der Waals surface area (Å²) in [4.78, 5) is 38.7. The molecule has 0 aromatic rings. The van der Waals surface area contributed by atoms with Crippen molar-refractivity contribution in [2.45, 2.75) is 12.5 Å². The van der Waals surface area contributed by atoms with Gasteiger partial charge in [-0.3, -0.25) is 9.59 Å². The summed E-state index contributed by atoms with van der Waals surface area (Å²) in [6, 6.07) is -1.29. The van der Waals surface area contributed by atoms with Crippen LogP contribution < -0.4 is 5.73 Å². The second-order valence-electron chi connectivity index (χ2n) is 2.55. The average molecular weight is 249 g/mol. The molecule has 0 radical (unpaired) electrons. The Hall–Kier alpha value is -2.42. The van der Waals surface area contributed by atoms with Gasteiger partial charge in [0.2, 0.25) is 0 Å². The Balaban J connectivity index is 0. The summed E-state index contributed by atoms with van der Waals surface area (Å²) in [5.74, 6) is -5.01. The number of nitrogens with two attached hydrogens (primary N) is 1. The third kappa shape index (κ3) is 16.3. The Morgan fingerprint density at radius 3 is 1.41 bits per heavy atom. The number of carboxylic acids is 4. The highest BCUT2D eigenvalue weighted by Gasteiger charge is 2.14. The average Bonchev–Trinajstić information content (AvgIpc) is 2.14. The maximum Gasteiger partial charge on any atom is 0.328 e. The SMILES string of the molecule is NC(CC(=O)O)C(=O)O.O=C(O)/C=C\C(=O)O. The fourth-order valence-corrected chi connectivity index (χ4v) is 0.418. The van der Waals surface area contributed by atoms with Crippen molar-refractivity contribution >= 4 is 23.9 Å². The van der Waals surface area contributed by atoms with E-state index < -0.39 is 36.3 Å². The third-order valence-corrected chi connectivity index (χ3v) is 1.08. The van der Waals surface area contributed by atoms with Crippen molar-refractivity contribution in [3.8, 4) is 0 Å². The Bertz CT molecular complexity index is 318. The molecule has 17 heavy (non-hydrogen) atoms. The molecule has 1 unspecified atom stereocenters. The van der Waals surface area contributed by atoms with Crippen LogP contribution in [0.2, 0.25) is 0 Å². The standard InChI is InChI=1S/C4H7NO4.C4H4O4/c5-2(4(8)9)1-3(6)7;5-3(6)1-2-4(7)8/h2H,1,5H2,(H,6,7)(H,8,9);1-2H,(H,5,6)(H,7,8)/b;2-1-. The smallest absolute Gasteiger partial charge is 0.328 e. The first-order valence-corrected chi connectivity index (χ1v) is 4.01. The van der Waals surface area contributed by atoms with E-state index in [0.717, 1.165) is 0 Å². The van der Waals surface area contributed by atoms with E-state index in [-0.39, 0.29) is 0 Å². The van der Waals surface area contributed by atoms with Crippen LogP contribution in [0.15, 0.2) is 12.2 Å². The molecule has 9 nitrogen and oxygen atoms in total. The Morgan fingerprint density at radius 2 is 1.29 bits per heavy atom. The van der Waals surface area contributed by atoms with Gasteiger partial charge in [-0.1, -0.05) is 0 Å². The van der Waals surface area contributed by atoms with Crippen molar-refractivity contribution in [2.24, 2.45) is 5.73 Å². The molecule has 9 heteroatoms. The second kappa shape index (κ2) is 8.85. The van der Waals surface area contributed by atoms with Crippen molar-refractivity contribution in [3.63, 3.8) is 0 Å². The van der Waals surface area contributed by atoms with Crippen molar-refractivity contribution in [1.82, 2.24) is 0 Å². The topological polar surface area (TPSA) is 175 Å². The lowest BCUT2D eigenvalue weighted by atomic mass is 10.2. The Labute approximate surface area is 94.8 Å². The molecule has 0 bridgehead atoms. The van der Waals surface area contributed by atoms with Gasteiger partial charge in [-0.2, -0.15) is 0 Å². The quantitative estimate of drug-likeness (QED) is 0.366. The molecular formula is C8H11NO8. The minimum atomic E-state index is -1.29. The molecule has 0 aliphatic carbocycles. The maximum atomic E-state index is 9.85. The molecule has 0 spiro atoms. The summed E-state index contributed by atoms with van der Waals surface area (Å²) in [5.41, 5.74) is 4.84. The molecule has 0 rings (SSSR count). The van der Waals surface area contributed by atoms with E-state index >= 15 is 0 Å². The first kappa shape index (κ1) is 17.0. The summed E-state index contributed by atoms with van der Waals surface area (Å²) in [5, 5.41) is 31.7. The van der Waals surface area contributed by atoms with Crippen LogP contribution in [-0.4, -0.2) is 50.3 Å². The number of carboxylic acid groups (broad SMARTS) is 4. The van der Waals surface area contributed by atoms with Crippen molar-refractivity contribution in [3.05, 3.63) is 12.2 Å². The molecule has 0 fully saturated rings. The van der Waals surface area contributed by atoms with Gasteiger partial charge in [0.25, 0.3) is 0 Å². The van der Waals surface area contributed by atoms with Crippen molar-refractivity contribution in [1.29, 1.82) is 0 Å². The molecule has 0 saturated heterocycles. The fraction of sp³-hybridized carbons (Fsp3) is 0.250. The lowest BCUT2D eigenvalue weighted by Crippen LogP contribution is -2.32. The molecule has 0 aliphatic rings. The van der Waals surface area contributed by atoms with Crippen LogP contribution in [0.5, 0.6) is 0 Å². The summed E-state index contributed by atoms with van der Waals surface area (Å²) >= 11 is 0. The lowest BCUT2D eigenvalue weighted by Gasteiger charge is -1.99. The first-order chi connectivity index (χ1) is 7.66. The van der Waals surface area contributed by atoms with Gasteiger partial charge in [0.15, 0.2) is 0 Å². The van der Waals surface area contributed by atoms with Crippen LogP contribution >= 0.6 is 0 Å². The van der Waals surface area contributed by atoms with Gasteiger partial charge in [-0.25, -0.2) is 9.59 Å². The molecule has 96 valence electrons. The van der Waals surface area contributed by atoms with Gasteiger partial charge in [-0.05, 0) is 0 Å². The Morgan fingerprint density at radius 1 is 0.941 bits per heavy atom. The molecule has 0 aromatic carbocycles. The predicted octanol–water partition coefficient (Wildman–Crippen LogP) is -1.42. The first-order valence-electron chi connectivity index (χ1n) is 4.01. The van der Waals surface area contributed by atoms with Gasteiger partial charge in [-0.15, -0.1) is 0 Å². The molecule has 0 saturated carbocycles. The number of hydrogen-bond acceptors (Lipinski definition) is 5. The third-order valence-electron chi connectivity index (χ3n) is 1.08. The van der Waals surface area contributed by atoms with Gasteiger partial charge < -0.3 is 26.2 Å². The monoisotopic (exact) mass is 249 g/mol. The number of hydrogen-bond donors (Lipinski definition) is 5. The van der Waals surface area contributed by atoms with E-state index in [1.165, 1.54) is 0 Å². The normalized spacial score (nSPS) is 11.1. The number of carbonyl (C=O) groups is 4. The van der Waals surface area contributed by atoms with Crippen LogP contribution in [0.3, 0.4) is 0 Å². The summed E-state index contributed by atoms with van der Waals surface area (Å²) in [7, 11) is 0. The van der Waals surface area contributed by atoms with Crippen LogP contribution in [-0.2, 0) is 19.2 Å². The fourth-order valence-electron chi connectivity index (χ4n) is 0.418. The zero-order chi connectivity index (χ0) is 14.0. The van der Waals surface area contributed by atoms with E-state index in [1.54, 1.807) is 0 Å². The number of aliphatic carboxylic acids is 4. The molecular weight excluding hydrogens is 238 g/mol. The minimum Gasteiger partial charge on any atom is -0.481 e. The highest BCUT2D eigenvalue weighted by molar-refractivity contribution is 5.89. The highest BCUT2D eigenvalue weighted by atomic mass is 16.4. The van der Waals surface area contributed by atoms with Crippen LogP contribution in [0, 0.1) is 0 Å². The van der Waals surface area contributed by atoms with Crippen LogP contribution in [0.1, 0.15) is 6.42 Å². The zero-order valence-corrected chi connectivity index (χ0v) is 8.44. The lowest BCUT2D eigenvalue weighted by molar-refractivity contribution is -0.144. The molecule has 1 atom stereocenters. The number of rotatable bonds is 5. The van der Waals surface area contributed by atoms with Crippen LogP contribution in [0.4, 0.5) is 0 Å². The zero-order valence-electron chi connectivity index (χ0n) is 8.44. The van der Waals surface area contributed by atoms with Crippen molar-refractivity contribution in [2.75, 3.05) is 0 Å². The van der Waals surface area contributed by atoms with Crippen LogP contribution in [0.25, 0.3) is 0 Å². The summed E-state index contributed by atoms with van der Waals surface area (Å²) in [6.07, 6.45) is 0.583. The highest BCUT2D eigenvalue weighted by Crippen LogP contribution is 1.86. The molecule has 6 N–H and O–H groups in total. The van der Waals surface area contributed by atoms with E-state index in [1.807, 2.05) is 0 Å². The Kier molecular flexibility index (Phi) is 8.85. The van der Waals surface area contributed by atoms with Crippen molar-refractivity contribution < 1.29 is 39.6 Å². The summed E-state index contributed by atoms with van der Waals surface area (Å²) in [6.45, 7) is 0. The van der Waals surface area contributed by atoms with Gasteiger partial charge >= 0.3 is 23.9 Å².